The fourth-order valence-corrected chi connectivity index (χ4v) is 4.67. The van der Waals surface area contributed by atoms with E-state index in [1.807, 2.05) is 13.1 Å². The van der Waals surface area contributed by atoms with Crippen molar-refractivity contribution in [2.45, 2.75) is 10.8 Å². The first-order valence-electron chi connectivity index (χ1n) is 6.36. The second kappa shape index (κ2) is 6.46. The maximum atomic E-state index is 12.7. The number of sulfonamides is 1. The summed E-state index contributed by atoms with van der Waals surface area (Å²) in [6, 6.07) is 10.5. The monoisotopic (exact) mass is 326 g/mol. The summed E-state index contributed by atoms with van der Waals surface area (Å²) in [5.41, 5.74) is 0.517. The van der Waals surface area contributed by atoms with E-state index < -0.39 is 10.0 Å². The molecule has 1 heterocycles. The van der Waals surface area contributed by atoms with Gasteiger partial charge in [-0.15, -0.1) is 11.3 Å². The predicted molar refractivity (Wildman–Crippen MR) is 85.7 cm³/mol. The van der Waals surface area contributed by atoms with Crippen LogP contribution >= 0.6 is 11.3 Å². The lowest BCUT2D eigenvalue weighted by atomic mass is 10.3. The van der Waals surface area contributed by atoms with Gasteiger partial charge in [0.1, 0.15) is 9.96 Å². The zero-order valence-electron chi connectivity index (χ0n) is 12.2. The van der Waals surface area contributed by atoms with Gasteiger partial charge in [-0.3, -0.25) is 4.31 Å². The van der Waals surface area contributed by atoms with Crippen LogP contribution < -0.4 is 14.4 Å². The fourth-order valence-electron chi connectivity index (χ4n) is 1.92. The van der Waals surface area contributed by atoms with E-state index in [1.165, 1.54) is 29.8 Å². The molecule has 2 aromatic rings. The number of anilines is 1. The Hall–Kier alpha value is -1.57. The minimum atomic E-state index is -3.58. The van der Waals surface area contributed by atoms with Gasteiger partial charge in [-0.2, -0.15) is 0 Å². The fraction of sp³-hybridized carbons (Fsp3) is 0.286. The molecular formula is C14H18N2O3S2. The molecule has 114 valence electrons. The topological polar surface area (TPSA) is 58.6 Å². The highest BCUT2D eigenvalue weighted by atomic mass is 32.2. The SMILES string of the molecule is CNCc1ccc(S(=O)(=O)N(C)c2ccccc2OC)s1. The number of ether oxygens (including phenoxy) is 1. The van der Waals surface area contributed by atoms with Crippen molar-refractivity contribution in [1.29, 1.82) is 0 Å². The van der Waals surface area contributed by atoms with Crippen LogP contribution in [0.5, 0.6) is 5.75 Å². The van der Waals surface area contributed by atoms with Gasteiger partial charge in [0.2, 0.25) is 0 Å². The molecule has 7 heteroatoms. The van der Waals surface area contributed by atoms with Crippen LogP contribution in [-0.2, 0) is 16.6 Å². The summed E-state index contributed by atoms with van der Waals surface area (Å²) in [5, 5.41) is 3.01. The molecule has 5 nitrogen and oxygen atoms in total. The molecular weight excluding hydrogens is 308 g/mol. The van der Waals surface area contributed by atoms with E-state index in [1.54, 1.807) is 30.3 Å². The zero-order valence-corrected chi connectivity index (χ0v) is 13.8. The van der Waals surface area contributed by atoms with Crippen molar-refractivity contribution in [3.05, 3.63) is 41.3 Å². The van der Waals surface area contributed by atoms with Crippen LogP contribution in [0.15, 0.2) is 40.6 Å². The Bertz CT molecular complexity index is 711. The standard InChI is InChI=1S/C14H18N2O3S2/c1-15-10-11-8-9-14(20-11)21(17,18)16(2)12-6-4-5-7-13(12)19-3/h4-9,15H,10H2,1-3H3. The molecule has 0 fully saturated rings. The summed E-state index contributed by atoms with van der Waals surface area (Å²) in [6.45, 7) is 0.651. The maximum Gasteiger partial charge on any atom is 0.273 e. The lowest BCUT2D eigenvalue weighted by Gasteiger charge is -2.20. The molecule has 0 saturated carbocycles. The van der Waals surface area contributed by atoms with Gasteiger partial charge < -0.3 is 10.1 Å². The average Bonchev–Trinajstić information content (AvgIpc) is 2.96. The highest BCUT2D eigenvalue weighted by Crippen LogP contribution is 2.32. The van der Waals surface area contributed by atoms with Crippen LogP contribution in [0.1, 0.15) is 4.88 Å². The molecule has 1 aromatic heterocycles. The molecule has 0 atom stereocenters. The number of hydrogen-bond acceptors (Lipinski definition) is 5. The number of nitrogens with one attached hydrogen (secondary N) is 1. The molecule has 0 aliphatic carbocycles. The molecule has 2 rings (SSSR count). The summed E-state index contributed by atoms with van der Waals surface area (Å²) in [7, 11) is 1.31. The first-order chi connectivity index (χ1) is 10.0. The predicted octanol–water partition coefficient (Wildman–Crippen LogP) is 2.30. The van der Waals surface area contributed by atoms with Crippen molar-refractivity contribution in [2.24, 2.45) is 0 Å². The third kappa shape index (κ3) is 3.20. The lowest BCUT2D eigenvalue weighted by Crippen LogP contribution is -2.26. The summed E-state index contributed by atoms with van der Waals surface area (Å²) in [5.74, 6) is 0.524. The Labute approximate surface area is 129 Å². The van der Waals surface area contributed by atoms with Crippen molar-refractivity contribution >= 4 is 27.0 Å². The van der Waals surface area contributed by atoms with Gasteiger partial charge in [0.15, 0.2) is 0 Å². The molecule has 1 aromatic carbocycles. The van der Waals surface area contributed by atoms with Crippen molar-refractivity contribution < 1.29 is 13.2 Å². The molecule has 0 aliphatic heterocycles. The van der Waals surface area contributed by atoms with E-state index >= 15 is 0 Å². The van der Waals surface area contributed by atoms with Crippen molar-refractivity contribution in [3.8, 4) is 5.75 Å². The molecule has 0 radical (unpaired) electrons. The molecule has 1 N–H and O–H groups in total. The van der Waals surface area contributed by atoms with E-state index in [4.69, 9.17) is 4.74 Å². The highest BCUT2D eigenvalue weighted by Gasteiger charge is 2.25. The van der Waals surface area contributed by atoms with Crippen LogP contribution in [0.25, 0.3) is 0 Å². The van der Waals surface area contributed by atoms with Crippen molar-refractivity contribution in [2.75, 3.05) is 25.5 Å². The molecule has 0 unspecified atom stereocenters. The second-order valence-electron chi connectivity index (χ2n) is 4.40. The normalized spacial score (nSPS) is 11.4. The Morgan fingerprint density at radius 2 is 1.95 bits per heavy atom. The number of hydrogen-bond donors (Lipinski definition) is 1. The summed E-state index contributed by atoms with van der Waals surface area (Å²) >= 11 is 1.27. The summed E-state index contributed by atoms with van der Waals surface area (Å²) < 4.78 is 32.2. The van der Waals surface area contributed by atoms with E-state index in [-0.39, 0.29) is 0 Å². The van der Waals surface area contributed by atoms with Gasteiger partial charge in [-0.25, -0.2) is 8.42 Å². The minimum absolute atomic E-state index is 0.321. The third-order valence-corrected chi connectivity index (χ3v) is 6.35. The first kappa shape index (κ1) is 15.8. The Balaban J connectivity index is 2.37. The Morgan fingerprint density at radius 1 is 1.24 bits per heavy atom. The van der Waals surface area contributed by atoms with Gasteiger partial charge in [-0.05, 0) is 31.3 Å². The smallest absolute Gasteiger partial charge is 0.273 e. The quantitative estimate of drug-likeness (QED) is 0.885. The first-order valence-corrected chi connectivity index (χ1v) is 8.61. The van der Waals surface area contributed by atoms with Crippen LogP contribution in [0.4, 0.5) is 5.69 Å². The molecule has 21 heavy (non-hydrogen) atoms. The van der Waals surface area contributed by atoms with Crippen molar-refractivity contribution in [1.82, 2.24) is 5.32 Å². The zero-order chi connectivity index (χ0) is 15.5. The minimum Gasteiger partial charge on any atom is -0.495 e. The highest BCUT2D eigenvalue weighted by molar-refractivity contribution is 7.94. The van der Waals surface area contributed by atoms with Gasteiger partial charge in [0, 0.05) is 18.5 Å². The third-order valence-electron chi connectivity index (χ3n) is 3.03. The van der Waals surface area contributed by atoms with Crippen LogP contribution in [0.2, 0.25) is 0 Å². The number of methoxy groups -OCH3 is 1. The van der Waals surface area contributed by atoms with Crippen molar-refractivity contribution in [3.63, 3.8) is 0 Å². The number of thiophene rings is 1. The molecule has 0 saturated heterocycles. The summed E-state index contributed by atoms with van der Waals surface area (Å²) in [6.07, 6.45) is 0. The molecule has 0 amide bonds. The van der Waals surface area contributed by atoms with Crippen LogP contribution in [0.3, 0.4) is 0 Å². The van der Waals surface area contributed by atoms with E-state index in [0.29, 0.717) is 22.2 Å². The van der Waals surface area contributed by atoms with E-state index in [0.717, 1.165) is 4.88 Å². The Kier molecular flexibility index (Phi) is 4.87. The lowest BCUT2D eigenvalue weighted by molar-refractivity contribution is 0.416. The van der Waals surface area contributed by atoms with Gasteiger partial charge >= 0.3 is 0 Å². The number of para-hydroxylation sites is 2. The number of rotatable bonds is 6. The largest absolute Gasteiger partial charge is 0.495 e. The van der Waals surface area contributed by atoms with E-state index in [9.17, 15) is 8.42 Å². The number of benzene rings is 1. The van der Waals surface area contributed by atoms with E-state index in [2.05, 4.69) is 5.32 Å². The number of nitrogens with zero attached hydrogens (tertiary/aromatic N) is 1. The second-order valence-corrected chi connectivity index (χ2v) is 7.76. The maximum absolute atomic E-state index is 12.7. The van der Waals surface area contributed by atoms with Crippen LogP contribution in [0, 0.1) is 0 Å². The average molecular weight is 326 g/mol. The van der Waals surface area contributed by atoms with Gasteiger partial charge in [-0.1, -0.05) is 12.1 Å². The van der Waals surface area contributed by atoms with Crippen LogP contribution in [-0.4, -0.2) is 29.6 Å². The molecule has 0 bridgehead atoms. The van der Waals surface area contributed by atoms with Gasteiger partial charge in [0.05, 0.1) is 12.8 Å². The van der Waals surface area contributed by atoms with Gasteiger partial charge in [0.25, 0.3) is 10.0 Å². The summed E-state index contributed by atoms with van der Waals surface area (Å²) in [4.78, 5) is 0.976. The molecule has 0 aliphatic rings. The molecule has 0 spiro atoms. The Morgan fingerprint density at radius 3 is 2.62 bits per heavy atom.